The topological polar surface area (TPSA) is 372 Å². The third-order valence-corrected chi connectivity index (χ3v) is 7.86. The molecular weight excluding hydrogens is 721 g/mol. The SMILES string of the molecule is Nc1ncnc2c1ncn2[C@@H]1O[C@H](CO)C(OP(=O)(O)O)[C@@H]1O.Nc1ncnc2c1ncn2[C@@H]1O[C@H](CO)[C@H](OP(=O)(O)O)C1O.[Mn]. The number of nitrogens with two attached hydrogens (primary N) is 2. The van der Waals surface area contributed by atoms with Gasteiger partial charge in [0.25, 0.3) is 0 Å². The van der Waals surface area contributed by atoms with E-state index in [0.717, 1.165) is 0 Å². The molecule has 2 unspecified atom stereocenters. The molecule has 47 heavy (non-hydrogen) atoms. The molecule has 0 bridgehead atoms. The van der Waals surface area contributed by atoms with E-state index in [-0.39, 0.29) is 51.0 Å². The van der Waals surface area contributed by atoms with Crippen LogP contribution in [-0.4, -0.2) is 129 Å². The monoisotopic (exact) mass is 749 g/mol. The number of hydrogen-bond acceptors (Lipinski definition) is 18. The molecule has 259 valence electrons. The second kappa shape index (κ2) is 14.4. The predicted octanol–water partition coefficient (Wildman–Crippen LogP) is -3.73. The number of phosphoric ester groups is 2. The Hall–Kier alpha value is -2.80. The number of hydrogen-bond donors (Lipinski definition) is 10. The molecule has 2 fully saturated rings. The van der Waals surface area contributed by atoms with Crippen LogP contribution in [0.3, 0.4) is 0 Å². The van der Waals surface area contributed by atoms with Gasteiger partial charge in [-0.05, 0) is 0 Å². The van der Waals surface area contributed by atoms with Crippen LogP contribution < -0.4 is 11.5 Å². The quantitative estimate of drug-likeness (QED) is 0.0611. The van der Waals surface area contributed by atoms with Gasteiger partial charge in [-0.15, -0.1) is 0 Å². The van der Waals surface area contributed by atoms with Gasteiger partial charge in [0.05, 0.1) is 25.9 Å². The van der Waals surface area contributed by atoms with Crippen molar-refractivity contribution in [2.24, 2.45) is 0 Å². The van der Waals surface area contributed by atoms with Crippen LogP contribution in [0.5, 0.6) is 0 Å². The summed E-state index contributed by atoms with van der Waals surface area (Å²) in [5, 5.41) is 39.1. The number of phosphoric acid groups is 2. The van der Waals surface area contributed by atoms with E-state index in [9.17, 15) is 29.6 Å². The van der Waals surface area contributed by atoms with Crippen LogP contribution in [0, 0.1) is 0 Å². The Morgan fingerprint density at radius 1 is 0.702 bits per heavy atom. The van der Waals surface area contributed by atoms with E-state index in [1.807, 2.05) is 0 Å². The van der Waals surface area contributed by atoms with Crippen LogP contribution >= 0.6 is 15.6 Å². The smallest absolute Gasteiger partial charge is 0.394 e. The van der Waals surface area contributed by atoms with Gasteiger partial charge in [0.15, 0.2) is 35.4 Å². The molecule has 1 radical (unpaired) electrons. The molecular formula is C20H28MnN10O14P2. The summed E-state index contributed by atoms with van der Waals surface area (Å²) in [7, 11) is -9.77. The van der Waals surface area contributed by atoms with Crippen LogP contribution in [0.2, 0.25) is 0 Å². The fourth-order valence-electron chi connectivity index (χ4n) is 4.88. The maximum Gasteiger partial charge on any atom is 0.470 e. The summed E-state index contributed by atoms with van der Waals surface area (Å²) in [4.78, 5) is 59.2. The van der Waals surface area contributed by atoms with Crippen molar-refractivity contribution in [3.8, 4) is 0 Å². The minimum atomic E-state index is -4.88. The minimum absolute atomic E-state index is 0. The summed E-state index contributed by atoms with van der Waals surface area (Å²) >= 11 is 0. The summed E-state index contributed by atoms with van der Waals surface area (Å²) in [6, 6.07) is 0. The first-order chi connectivity index (χ1) is 21.6. The molecule has 12 N–H and O–H groups in total. The molecule has 0 amide bonds. The molecule has 24 nitrogen and oxygen atoms in total. The Morgan fingerprint density at radius 2 is 1.06 bits per heavy atom. The number of nitrogen functional groups attached to an aromatic ring is 2. The summed E-state index contributed by atoms with van der Waals surface area (Å²) in [6.45, 7) is -1.22. The van der Waals surface area contributed by atoms with E-state index in [0.29, 0.717) is 0 Å². The zero-order chi connectivity index (χ0) is 33.6. The molecule has 2 aliphatic rings. The Balaban J connectivity index is 0.000000208. The Morgan fingerprint density at radius 3 is 1.38 bits per heavy atom. The first-order valence-corrected chi connectivity index (χ1v) is 15.9. The van der Waals surface area contributed by atoms with Gasteiger partial charge in [0.1, 0.15) is 60.3 Å². The Kier molecular flexibility index (Phi) is 11.3. The van der Waals surface area contributed by atoms with Gasteiger partial charge in [0, 0.05) is 17.1 Å². The van der Waals surface area contributed by atoms with E-state index in [4.69, 9.17) is 40.5 Å². The molecule has 0 aliphatic carbocycles. The molecule has 4 aromatic rings. The Labute approximate surface area is 272 Å². The number of aliphatic hydroxyl groups excluding tert-OH is 4. The average molecular weight is 749 g/mol. The molecule has 27 heteroatoms. The predicted molar refractivity (Wildman–Crippen MR) is 147 cm³/mol. The second-order valence-corrected chi connectivity index (χ2v) is 12.1. The maximum absolute atomic E-state index is 11.0. The van der Waals surface area contributed by atoms with Crippen LogP contribution in [0.25, 0.3) is 22.3 Å². The van der Waals surface area contributed by atoms with Crippen molar-refractivity contribution in [3.63, 3.8) is 0 Å². The second-order valence-electron chi connectivity index (χ2n) is 9.76. The summed E-state index contributed by atoms with van der Waals surface area (Å²) in [5.41, 5.74) is 12.4. The molecule has 6 heterocycles. The number of aliphatic hydroxyl groups is 4. The number of rotatable bonds is 8. The van der Waals surface area contributed by atoms with Crippen molar-refractivity contribution in [1.82, 2.24) is 39.0 Å². The number of nitrogens with zero attached hydrogens (tertiary/aromatic N) is 8. The van der Waals surface area contributed by atoms with Crippen molar-refractivity contribution in [2.75, 3.05) is 24.7 Å². The van der Waals surface area contributed by atoms with E-state index >= 15 is 0 Å². The van der Waals surface area contributed by atoms with E-state index < -0.39 is 77.9 Å². The van der Waals surface area contributed by atoms with Gasteiger partial charge in [0.2, 0.25) is 0 Å². The van der Waals surface area contributed by atoms with Crippen molar-refractivity contribution in [2.45, 2.75) is 49.1 Å². The van der Waals surface area contributed by atoms with E-state index in [1.165, 1.54) is 34.4 Å². The number of ether oxygens (including phenoxy) is 2. The Bertz CT molecular complexity index is 1660. The average Bonchev–Trinajstić information content (AvgIpc) is 3.74. The van der Waals surface area contributed by atoms with Crippen molar-refractivity contribution >= 4 is 49.6 Å². The molecule has 0 saturated carbocycles. The van der Waals surface area contributed by atoms with E-state index in [1.54, 1.807) is 0 Å². The first-order valence-electron chi connectivity index (χ1n) is 12.9. The minimum Gasteiger partial charge on any atom is -0.394 e. The first kappa shape index (κ1) is 37.0. The van der Waals surface area contributed by atoms with Gasteiger partial charge in [-0.3, -0.25) is 18.2 Å². The summed E-state index contributed by atoms with van der Waals surface area (Å²) < 4.78 is 44.6. The molecule has 0 spiro atoms. The standard InChI is InChI=1S/2C10H14N5O7P.Mn/c2*11-8-5-9(13-2-12-8)15(3-14-5)10-6(17)7(4(1-16)21-10)22-23(18,19)20;/h2*2-4,6-7,10,16-17H,1H2,(H2,11,12,13)(H2,18,19,20);/t4-,6?,7+,10-;4-,6+,7?,10-;/m11./s1. The molecule has 6 rings (SSSR count). The molecule has 4 aromatic heterocycles. The van der Waals surface area contributed by atoms with Gasteiger partial charge in [-0.25, -0.2) is 39.0 Å². The number of aromatic nitrogens is 8. The fourth-order valence-corrected chi connectivity index (χ4v) is 6.04. The zero-order valence-corrected chi connectivity index (χ0v) is 26.3. The van der Waals surface area contributed by atoms with E-state index in [2.05, 4.69) is 39.0 Å². The number of fused-ring (bicyclic) bond motifs is 2. The molecule has 0 aromatic carbocycles. The van der Waals surface area contributed by atoms with Crippen LogP contribution in [0.4, 0.5) is 11.6 Å². The third-order valence-electron chi connectivity index (χ3n) is 6.82. The van der Waals surface area contributed by atoms with Gasteiger partial charge in [-0.2, -0.15) is 0 Å². The number of anilines is 2. The van der Waals surface area contributed by atoms with Crippen LogP contribution in [0.1, 0.15) is 12.5 Å². The summed E-state index contributed by atoms with van der Waals surface area (Å²) in [5.74, 6) is 0.255. The maximum atomic E-state index is 11.0. The molecule has 2 saturated heterocycles. The van der Waals surface area contributed by atoms with Crippen LogP contribution in [0.15, 0.2) is 25.3 Å². The zero-order valence-electron chi connectivity index (χ0n) is 23.4. The van der Waals surface area contributed by atoms with Gasteiger partial charge >= 0.3 is 15.6 Å². The molecule has 8 atom stereocenters. The third kappa shape index (κ3) is 7.76. The largest absolute Gasteiger partial charge is 0.470 e. The van der Waals surface area contributed by atoms with Gasteiger partial charge in [-0.1, -0.05) is 0 Å². The van der Waals surface area contributed by atoms with Crippen molar-refractivity contribution in [1.29, 1.82) is 0 Å². The normalized spacial score (nSPS) is 27.9. The fraction of sp³-hybridized carbons (Fsp3) is 0.500. The van der Waals surface area contributed by atoms with Crippen molar-refractivity contribution in [3.05, 3.63) is 25.3 Å². The number of imidazole rings is 2. The van der Waals surface area contributed by atoms with Crippen molar-refractivity contribution < 1.29 is 84.7 Å². The van der Waals surface area contributed by atoms with Gasteiger partial charge < -0.3 is 60.9 Å². The molecule has 2 aliphatic heterocycles. The summed E-state index contributed by atoms with van der Waals surface area (Å²) in [6.07, 6.45) is -5.36. The van der Waals surface area contributed by atoms with Crippen LogP contribution in [-0.2, 0) is 44.7 Å².